The van der Waals surface area contributed by atoms with Crippen molar-refractivity contribution in [3.63, 3.8) is 0 Å². The smallest absolute Gasteiger partial charge is 0.273 e. The van der Waals surface area contributed by atoms with E-state index in [0.29, 0.717) is 40.2 Å². The third kappa shape index (κ3) is 6.28. The fourth-order valence-corrected chi connectivity index (χ4v) is 5.69. The predicted molar refractivity (Wildman–Crippen MR) is 150 cm³/mol. The number of nitrogens with one attached hydrogen (secondary N) is 1. The van der Waals surface area contributed by atoms with Gasteiger partial charge in [0.25, 0.3) is 5.91 Å². The van der Waals surface area contributed by atoms with Gasteiger partial charge in [0.15, 0.2) is 16.7 Å². The van der Waals surface area contributed by atoms with Gasteiger partial charge in [-0.05, 0) is 57.0 Å². The Morgan fingerprint density at radius 1 is 1.13 bits per heavy atom. The van der Waals surface area contributed by atoms with E-state index in [9.17, 15) is 4.79 Å². The topological polar surface area (TPSA) is 89.1 Å². The molecule has 1 aliphatic rings. The van der Waals surface area contributed by atoms with Gasteiger partial charge in [0.2, 0.25) is 5.89 Å². The Bertz CT molecular complexity index is 1360. The number of rotatable bonds is 10. The summed E-state index contributed by atoms with van der Waals surface area (Å²) >= 11 is 7.90. The summed E-state index contributed by atoms with van der Waals surface area (Å²) in [7, 11) is 0. The zero-order chi connectivity index (χ0) is 26.3. The Balaban J connectivity index is 1.21. The number of para-hydroxylation sites is 1. The van der Waals surface area contributed by atoms with Crippen LogP contribution in [0.3, 0.4) is 0 Å². The highest BCUT2D eigenvalue weighted by molar-refractivity contribution is 7.98. The standard InChI is InChI=1S/C28H31ClN6O2S/c1-20-10-7-8-16-34(20)17-9-15-30-27(36)24-18-37-25(31-24)19-38-28-33-32-26(22-13-5-6-14-23(22)29)35(28)21-11-3-2-4-12-21/h2-6,11-14,18,20H,7-10,15-17,19H2,1H3,(H,30,36). The Morgan fingerprint density at radius 3 is 2.76 bits per heavy atom. The average Bonchev–Trinajstić information content (AvgIpc) is 3.59. The van der Waals surface area contributed by atoms with Crippen molar-refractivity contribution in [1.82, 2.24) is 30.0 Å². The van der Waals surface area contributed by atoms with Gasteiger partial charge >= 0.3 is 0 Å². The molecule has 1 saturated heterocycles. The Morgan fingerprint density at radius 2 is 1.95 bits per heavy atom. The molecule has 1 unspecified atom stereocenters. The minimum Gasteiger partial charge on any atom is -0.447 e. The highest BCUT2D eigenvalue weighted by Crippen LogP contribution is 2.32. The second-order valence-corrected chi connectivity index (χ2v) is 10.7. The van der Waals surface area contributed by atoms with E-state index in [-0.39, 0.29) is 11.6 Å². The maximum atomic E-state index is 12.6. The van der Waals surface area contributed by atoms with Crippen molar-refractivity contribution in [1.29, 1.82) is 0 Å². The second kappa shape index (κ2) is 12.6. The number of hydrogen-bond donors (Lipinski definition) is 1. The third-order valence-corrected chi connectivity index (χ3v) is 7.96. The second-order valence-electron chi connectivity index (χ2n) is 9.36. The molecule has 8 nitrogen and oxygen atoms in total. The van der Waals surface area contributed by atoms with Gasteiger partial charge in [-0.3, -0.25) is 9.36 Å². The zero-order valence-electron chi connectivity index (χ0n) is 21.3. The lowest BCUT2D eigenvalue weighted by Crippen LogP contribution is -2.39. The van der Waals surface area contributed by atoms with E-state index in [1.54, 1.807) is 0 Å². The first-order valence-corrected chi connectivity index (χ1v) is 14.3. The third-order valence-electron chi connectivity index (χ3n) is 6.72. The summed E-state index contributed by atoms with van der Waals surface area (Å²) in [6.07, 6.45) is 6.16. The number of piperidine rings is 1. The molecule has 1 atom stereocenters. The molecule has 0 aliphatic carbocycles. The lowest BCUT2D eigenvalue weighted by atomic mass is 10.0. The monoisotopic (exact) mass is 550 g/mol. The summed E-state index contributed by atoms with van der Waals surface area (Å²) in [6.45, 7) is 5.05. The zero-order valence-corrected chi connectivity index (χ0v) is 22.9. The quantitative estimate of drug-likeness (QED) is 0.195. The Kier molecular flexibility index (Phi) is 8.78. The van der Waals surface area contributed by atoms with Crippen LogP contribution in [0, 0.1) is 0 Å². The highest BCUT2D eigenvalue weighted by Gasteiger charge is 2.20. The van der Waals surface area contributed by atoms with Crippen molar-refractivity contribution >= 4 is 29.3 Å². The first-order chi connectivity index (χ1) is 18.6. The molecule has 2 aromatic heterocycles. The van der Waals surface area contributed by atoms with E-state index >= 15 is 0 Å². The first kappa shape index (κ1) is 26.5. The van der Waals surface area contributed by atoms with Crippen LogP contribution in [0.15, 0.2) is 70.4 Å². The summed E-state index contributed by atoms with van der Waals surface area (Å²) in [5.74, 6) is 1.28. The SMILES string of the molecule is CC1CCCCN1CCCNC(=O)c1coc(CSc2nnc(-c3ccccc3Cl)n2-c2ccccc2)n1. The van der Waals surface area contributed by atoms with Crippen molar-refractivity contribution in [3.8, 4) is 17.1 Å². The van der Waals surface area contributed by atoms with Gasteiger partial charge in [-0.25, -0.2) is 4.98 Å². The first-order valence-electron chi connectivity index (χ1n) is 13.0. The summed E-state index contributed by atoms with van der Waals surface area (Å²) in [4.78, 5) is 19.5. The Labute approximate surface area is 231 Å². The van der Waals surface area contributed by atoms with Crippen molar-refractivity contribution in [2.45, 2.75) is 49.6 Å². The number of oxazole rings is 1. The number of aromatic nitrogens is 4. The van der Waals surface area contributed by atoms with Gasteiger partial charge in [0, 0.05) is 30.4 Å². The van der Waals surface area contributed by atoms with Crippen LogP contribution in [0.25, 0.3) is 17.1 Å². The van der Waals surface area contributed by atoms with Crippen LogP contribution in [0.1, 0.15) is 49.0 Å². The molecule has 38 heavy (non-hydrogen) atoms. The summed E-state index contributed by atoms with van der Waals surface area (Å²) < 4.78 is 7.56. The number of likely N-dealkylation sites (tertiary alicyclic amines) is 1. The molecular formula is C28H31ClN6O2S. The molecule has 0 radical (unpaired) electrons. The van der Waals surface area contributed by atoms with Crippen LogP contribution < -0.4 is 5.32 Å². The van der Waals surface area contributed by atoms with Crippen molar-refractivity contribution in [2.75, 3.05) is 19.6 Å². The molecule has 1 fully saturated rings. The van der Waals surface area contributed by atoms with E-state index in [1.165, 1.54) is 37.3 Å². The lowest BCUT2D eigenvalue weighted by Gasteiger charge is -2.33. The van der Waals surface area contributed by atoms with Gasteiger partial charge in [0.05, 0.1) is 10.8 Å². The molecule has 5 rings (SSSR count). The fraction of sp³-hybridized carbons (Fsp3) is 0.357. The number of thioether (sulfide) groups is 1. The number of amides is 1. The van der Waals surface area contributed by atoms with Gasteiger partial charge < -0.3 is 14.6 Å². The Hall–Kier alpha value is -3.14. The largest absolute Gasteiger partial charge is 0.447 e. The van der Waals surface area contributed by atoms with Crippen LogP contribution >= 0.6 is 23.4 Å². The molecule has 10 heteroatoms. The van der Waals surface area contributed by atoms with Gasteiger partial charge in [-0.15, -0.1) is 10.2 Å². The lowest BCUT2D eigenvalue weighted by molar-refractivity contribution is 0.0944. The highest BCUT2D eigenvalue weighted by atomic mass is 35.5. The molecule has 0 spiro atoms. The number of halogens is 1. The van der Waals surface area contributed by atoms with Gasteiger partial charge in [-0.1, -0.05) is 60.1 Å². The fourth-order valence-electron chi connectivity index (χ4n) is 4.66. The minimum absolute atomic E-state index is 0.217. The number of carbonyl (C=O) groups is 1. The maximum Gasteiger partial charge on any atom is 0.273 e. The van der Waals surface area contributed by atoms with Crippen LogP contribution in [0.5, 0.6) is 0 Å². The number of hydrogen-bond acceptors (Lipinski definition) is 7. The van der Waals surface area contributed by atoms with Crippen molar-refractivity contribution < 1.29 is 9.21 Å². The molecule has 2 aromatic carbocycles. The molecule has 198 valence electrons. The van der Waals surface area contributed by atoms with Crippen LogP contribution in [0.4, 0.5) is 0 Å². The van der Waals surface area contributed by atoms with Crippen molar-refractivity contribution in [2.24, 2.45) is 0 Å². The number of carbonyl (C=O) groups excluding carboxylic acids is 1. The van der Waals surface area contributed by atoms with E-state index < -0.39 is 0 Å². The maximum absolute atomic E-state index is 12.6. The minimum atomic E-state index is -0.217. The van der Waals surface area contributed by atoms with Crippen molar-refractivity contribution in [3.05, 3.63) is 77.5 Å². The molecule has 4 aromatic rings. The predicted octanol–water partition coefficient (Wildman–Crippen LogP) is 5.86. The number of benzene rings is 2. The molecule has 0 saturated carbocycles. The molecule has 1 amide bonds. The van der Waals surface area contributed by atoms with Gasteiger partial charge in [0.1, 0.15) is 6.26 Å². The number of nitrogens with zero attached hydrogens (tertiary/aromatic N) is 5. The molecular weight excluding hydrogens is 520 g/mol. The normalized spacial score (nSPS) is 16.0. The van der Waals surface area contributed by atoms with Crippen LogP contribution in [-0.4, -0.2) is 56.2 Å². The van der Waals surface area contributed by atoms with E-state index in [0.717, 1.165) is 30.8 Å². The van der Waals surface area contributed by atoms with E-state index in [1.807, 2.05) is 59.2 Å². The summed E-state index contributed by atoms with van der Waals surface area (Å²) in [5.41, 5.74) is 2.00. The van der Waals surface area contributed by atoms with E-state index in [4.69, 9.17) is 16.0 Å². The molecule has 1 N–H and O–H groups in total. The molecule has 3 heterocycles. The van der Waals surface area contributed by atoms with E-state index in [2.05, 4.69) is 32.3 Å². The summed E-state index contributed by atoms with van der Waals surface area (Å²) in [5, 5.41) is 13.1. The van der Waals surface area contributed by atoms with Crippen LogP contribution in [-0.2, 0) is 5.75 Å². The average molecular weight is 551 g/mol. The van der Waals surface area contributed by atoms with Crippen LogP contribution in [0.2, 0.25) is 5.02 Å². The van der Waals surface area contributed by atoms with Gasteiger partial charge in [-0.2, -0.15) is 0 Å². The molecule has 1 aliphatic heterocycles. The molecule has 0 bridgehead atoms. The summed E-state index contributed by atoms with van der Waals surface area (Å²) in [6, 6.07) is 18.1.